The average Bonchev–Trinajstić information content (AvgIpc) is 2.53. The molecule has 0 saturated carbocycles. The van der Waals surface area contributed by atoms with Crippen LogP contribution in [-0.2, 0) is 8.85 Å². The summed E-state index contributed by atoms with van der Waals surface area (Å²) in [5.41, 5.74) is -0.957. The Labute approximate surface area is 139 Å². The first kappa shape index (κ1) is 20.9. The van der Waals surface area contributed by atoms with Crippen molar-refractivity contribution in [1.29, 1.82) is 0 Å². The normalized spacial score (nSPS) is 11.8. The molecular weight excluding hydrogens is 349 g/mol. The van der Waals surface area contributed by atoms with Gasteiger partial charge in [-0.15, -0.1) is 0 Å². The summed E-state index contributed by atoms with van der Waals surface area (Å²) in [5.74, 6) is -7.38. The van der Waals surface area contributed by atoms with Crippen LogP contribution in [0.4, 0.5) is 27.7 Å². The van der Waals surface area contributed by atoms with Gasteiger partial charge in [0.2, 0.25) is 0 Å². The highest BCUT2D eigenvalue weighted by atomic mass is 28.4. The van der Waals surface area contributed by atoms with Gasteiger partial charge in [-0.1, -0.05) is 4.48 Å². The van der Waals surface area contributed by atoms with E-state index in [9.17, 15) is 22.0 Å². The van der Waals surface area contributed by atoms with Gasteiger partial charge in [0.05, 0.1) is 6.54 Å². The van der Waals surface area contributed by atoms with E-state index >= 15 is 0 Å². The third kappa shape index (κ3) is 5.42. The van der Waals surface area contributed by atoms with Gasteiger partial charge in [0.25, 0.3) is 0 Å². The summed E-state index contributed by atoms with van der Waals surface area (Å²) < 4.78 is 77.7. The van der Waals surface area contributed by atoms with Crippen molar-refractivity contribution in [3.63, 3.8) is 0 Å². The van der Waals surface area contributed by atoms with Crippen LogP contribution in [0.2, 0.25) is 12.6 Å². The molecule has 0 unspecified atom stereocenters. The summed E-state index contributed by atoms with van der Waals surface area (Å²) in [5, 5.41) is -0.124. The predicted octanol–water partition coefficient (Wildman–Crippen LogP) is 4.86. The SMILES string of the molecule is CCO[Si](C)(CCCCN(F)c1cc(F)c(F)c(F)c1F)OCC. The Kier molecular flexibility index (Phi) is 8.11. The Morgan fingerprint density at radius 1 is 0.958 bits per heavy atom. The molecule has 138 valence electrons. The lowest BCUT2D eigenvalue weighted by Gasteiger charge is -2.26. The van der Waals surface area contributed by atoms with Crippen LogP contribution in [0.5, 0.6) is 0 Å². The van der Waals surface area contributed by atoms with Crippen LogP contribution in [0.25, 0.3) is 0 Å². The molecule has 0 fully saturated rings. The highest BCUT2D eigenvalue weighted by molar-refractivity contribution is 6.66. The molecule has 1 rings (SSSR count). The van der Waals surface area contributed by atoms with Gasteiger partial charge in [-0.3, -0.25) is 0 Å². The molecule has 3 nitrogen and oxygen atoms in total. The monoisotopic (exact) mass is 371 g/mol. The molecule has 1 aromatic rings. The number of halogens is 5. The minimum atomic E-state index is -2.32. The van der Waals surface area contributed by atoms with E-state index in [-0.39, 0.29) is 11.7 Å². The Morgan fingerprint density at radius 2 is 1.54 bits per heavy atom. The second-order valence-corrected chi connectivity index (χ2v) is 8.71. The molecule has 0 aromatic heterocycles. The topological polar surface area (TPSA) is 21.7 Å². The van der Waals surface area contributed by atoms with E-state index in [0.717, 1.165) is 0 Å². The first-order valence-corrected chi connectivity index (χ1v) is 10.3. The number of unbranched alkanes of at least 4 members (excludes halogenated alkanes) is 1. The highest BCUT2D eigenvalue weighted by Crippen LogP contribution is 2.27. The standard InChI is InChI=1S/C15H22F5NO2Si/c1-4-22-24(3,23-5-2)9-7-6-8-21(20)12-10-11(16)13(17)15(19)14(12)18/h10H,4-9H2,1-3H3. The number of hydrogen-bond acceptors (Lipinski definition) is 3. The van der Waals surface area contributed by atoms with Crippen LogP contribution in [-0.4, -0.2) is 28.3 Å². The molecule has 0 amide bonds. The summed E-state index contributed by atoms with van der Waals surface area (Å²) in [6.45, 7) is 6.35. The zero-order chi connectivity index (χ0) is 18.3. The maximum Gasteiger partial charge on any atom is 0.334 e. The Balaban J connectivity index is 2.60. The Hall–Kier alpha value is -1.19. The van der Waals surface area contributed by atoms with Crippen LogP contribution in [0, 0.1) is 23.3 Å². The van der Waals surface area contributed by atoms with Gasteiger partial charge in [0.1, 0.15) is 5.69 Å². The lowest BCUT2D eigenvalue weighted by atomic mass is 10.2. The summed E-state index contributed by atoms with van der Waals surface area (Å²) in [6, 6.07) is 0.907. The average molecular weight is 371 g/mol. The number of rotatable bonds is 10. The van der Waals surface area contributed by atoms with Crippen molar-refractivity contribution in [1.82, 2.24) is 0 Å². The summed E-state index contributed by atoms with van der Waals surface area (Å²) in [4.78, 5) is 0. The molecule has 0 bridgehead atoms. The van der Waals surface area contributed by atoms with Crippen LogP contribution in [0.15, 0.2) is 6.07 Å². The van der Waals surface area contributed by atoms with E-state index in [4.69, 9.17) is 8.85 Å². The number of anilines is 1. The predicted molar refractivity (Wildman–Crippen MR) is 83.6 cm³/mol. The van der Waals surface area contributed by atoms with Gasteiger partial charge in [0.15, 0.2) is 23.3 Å². The lowest BCUT2D eigenvalue weighted by Crippen LogP contribution is -2.38. The molecule has 0 heterocycles. The summed E-state index contributed by atoms with van der Waals surface area (Å²) in [6.07, 6.45) is 0.830. The number of benzene rings is 1. The van der Waals surface area contributed by atoms with Gasteiger partial charge in [-0.25, -0.2) is 22.7 Å². The van der Waals surface area contributed by atoms with E-state index in [0.29, 0.717) is 38.2 Å². The maximum absolute atomic E-state index is 13.9. The van der Waals surface area contributed by atoms with Crippen molar-refractivity contribution in [2.24, 2.45) is 0 Å². The number of nitrogens with zero attached hydrogens (tertiary/aromatic N) is 1. The minimum Gasteiger partial charge on any atom is -0.395 e. The third-order valence-corrected chi connectivity index (χ3v) is 6.54. The first-order chi connectivity index (χ1) is 11.3. The zero-order valence-electron chi connectivity index (χ0n) is 14.0. The molecule has 0 radical (unpaired) electrons. The van der Waals surface area contributed by atoms with Gasteiger partial charge < -0.3 is 8.85 Å². The van der Waals surface area contributed by atoms with Gasteiger partial charge in [-0.2, -0.15) is 0 Å². The lowest BCUT2D eigenvalue weighted by molar-refractivity contribution is 0.188. The maximum atomic E-state index is 13.9. The minimum absolute atomic E-state index is 0.124. The highest BCUT2D eigenvalue weighted by Gasteiger charge is 2.30. The fourth-order valence-corrected chi connectivity index (χ4v) is 4.84. The van der Waals surface area contributed by atoms with Crippen molar-refractivity contribution < 1.29 is 30.9 Å². The molecule has 0 saturated heterocycles. The van der Waals surface area contributed by atoms with Crippen molar-refractivity contribution >= 4 is 14.2 Å². The van der Waals surface area contributed by atoms with Crippen molar-refractivity contribution in [3.8, 4) is 0 Å². The second-order valence-electron chi connectivity index (χ2n) is 5.36. The van der Waals surface area contributed by atoms with E-state index < -0.39 is 37.5 Å². The fraction of sp³-hybridized carbons (Fsp3) is 0.600. The smallest absolute Gasteiger partial charge is 0.334 e. The summed E-state index contributed by atoms with van der Waals surface area (Å²) >= 11 is 0. The molecule has 0 aliphatic carbocycles. The first-order valence-electron chi connectivity index (χ1n) is 7.80. The largest absolute Gasteiger partial charge is 0.395 e. The van der Waals surface area contributed by atoms with E-state index in [2.05, 4.69) is 0 Å². The van der Waals surface area contributed by atoms with Gasteiger partial charge in [-0.05, 0) is 39.3 Å². The molecule has 0 spiro atoms. The zero-order valence-corrected chi connectivity index (χ0v) is 15.0. The van der Waals surface area contributed by atoms with E-state index in [1.807, 2.05) is 20.4 Å². The van der Waals surface area contributed by atoms with E-state index in [1.54, 1.807) is 0 Å². The van der Waals surface area contributed by atoms with Crippen LogP contribution in [0.1, 0.15) is 26.7 Å². The molecule has 9 heteroatoms. The molecule has 0 aliphatic heterocycles. The molecule has 0 N–H and O–H groups in total. The Bertz CT molecular complexity index is 541. The van der Waals surface area contributed by atoms with Crippen molar-refractivity contribution in [2.75, 3.05) is 24.9 Å². The number of hydrogen-bond donors (Lipinski definition) is 0. The Morgan fingerprint density at radius 3 is 2.08 bits per heavy atom. The quantitative estimate of drug-likeness (QED) is 0.146. The second kappa shape index (κ2) is 9.33. The van der Waals surface area contributed by atoms with Crippen LogP contribution >= 0.6 is 0 Å². The van der Waals surface area contributed by atoms with Gasteiger partial charge >= 0.3 is 8.56 Å². The molecule has 24 heavy (non-hydrogen) atoms. The van der Waals surface area contributed by atoms with Crippen LogP contribution in [0.3, 0.4) is 0 Å². The fourth-order valence-electron chi connectivity index (χ4n) is 2.35. The third-order valence-electron chi connectivity index (χ3n) is 3.48. The molecule has 0 atom stereocenters. The van der Waals surface area contributed by atoms with E-state index in [1.165, 1.54) is 0 Å². The van der Waals surface area contributed by atoms with Crippen LogP contribution < -0.4 is 5.12 Å². The molecular formula is C15H22F5NO2Si. The van der Waals surface area contributed by atoms with Crippen molar-refractivity contribution in [2.45, 2.75) is 39.3 Å². The van der Waals surface area contributed by atoms with Gasteiger partial charge in [0, 0.05) is 19.3 Å². The molecule has 1 aromatic carbocycles. The summed E-state index contributed by atoms with van der Waals surface area (Å²) in [7, 11) is -2.32. The van der Waals surface area contributed by atoms with Crippen molar-refractivity contribution in [3.05, 3.63) is 29.3 Å². The molecule has 0 aliphatic rings.